The van der Waals surface area contributed by atoms with Gasteiger partial charge in [0.15, 0.2) is 0 Å². The zero-order valence-electron chi connectivity index (χ0n) is 33.4. The van der Waals surface area contributed by atoms with E-state index >= 15 is 0 Å². The van der Waals surface area contributed by atoms with Gasteiger partial charge in [0.2, 0.25) is 0 Å². The minimum Gasteiger partial charge on any atom is -0.310 e. The molecular weight excluding hydrogens is 695 g/mol. The normalized spacial score (nSPS) is 26.0. The first-order valence-electron chi connectivity index (χ1n) is 21.3. The second kappa shape index (κ2) is 12.7. The lowest BCUT2D eigenvalue weighted by atomic mass is 9.42. The molecule has 4 bridgehead atoms. The number of rotatable bonds is 5. The lowest BCUT2D eigenvalue weighted by molar-refractivity contribution is -0.0443. The predicted octanol–water partition coefficient (Wildman–Crippen LogP) is 15.0. The Labute approximate surface area is 338 Å². The molecule has 280 valence electrons. The summed E-state index contributed by atoms with van der Waals surface area (Å²) in [6.07, 6.45) is 9.33. The summed E-state index contributed by atoms with van der Waals surface area (Å²) < 4.78 is 0. The van der Waals surface area contributed by atoms with Crippen molar-refractivity contribution in [2.45, 2.75) is 98.7 Å². The van der Waals surface area contributed by atoms with E-state index < -0.39 is 0 Å². The summed E-state index contributed by atoms with van der Waals surface area (Å²) in [4.78, 5) is 5.59. The van der Waals surface area contributed by atoms with Crippen LogP contribution in [0.4, 0.5) is 17.1 Å². The van der Waals surface area contributed by atoms with E-state index in [2.05, 4.69) is 172 Å². The Kier molecular flexibility index (Phi) is 7.89. The van der Waals surface area contributed by atoms with Gasteiger partial charge in [-0.15, -0.1) is 0 Å². The van der Waals surface area contributed by atoms with Crippen molar-refractivity contribution in [1.29, 1.82) is 0 Å². The maximum atomic E-state index is 2.69. The predicted molar refractivity (Wildman–Crippen MR) is 236 cm³/mol. The Bertz CT molecular complexity index is 2430. The molecule has 1 nitrogen and oxygen atoms in total. The molecule has 1 aliphatic heterocycles. The Morgan fingerprint density at radius 1 is 0.464 bits per heavy atom. The summed E-state index contributed by atoms with van der Waals surface area (Å²) in [5.41, 5.74) is 15.5. The van der Waals surface area contributed by atoms with Crippen LogP contribution < -0.4 is 4.90 Å². The molecule has 6 aromatic carbocycles. The minimum absolute atomic E-state index is 0.0321. The summed E-state index contributed by atoms with van der Waals surface area (Å²) in [7, 11) is 0. The van der Waals surface area contributed by atoms with Crippen LogP contribution in [0.2, 0.25) is 0 Å². The highest BCUT2D eigenvalue weighted by atomic mass is 32.2. The number of hydrogen-bond donors (Lipinski definition) is 0. The first kappa shape index (κ1) is 34.7. The topological polar surface area (TPSA) is 3.24 Å². The Balaban J connectivity index is 1.14. The molecule has 1 spiro atoms. The quantitative estimate of drug-likeness (QED) is 0.173. The molecule has 0 N–H and O–H groups in total. The standard InChI is InChI=1S/C54H53NS/c1-52(2)26-27-53(3,4)51-45(52)16-11-17-48(51)55(43-21-18-39(19-22-43)37-12-7-5-8-13-37)44-23-25-50-47(34-44)54(41-29-35-28-36(31-41)32-42(54)30-35)46-33-40(20-24-49(46)56-50)38-14-9-6-10-15-38/h5-25,33-36,41-42H,26-32H2,1-4H3. The zero-order valence-corrected chi connectivity index (χ0v) is 34.2. The molecule has 1 heterocycles. The van der Waals surface area contributed by atoms with E-state index in [4.69, 9.17) is 0 Å². The van der Waals surface area contributed by atoms with Crippen LogP contribution in [-0.2, 0) is 16.2 Å². The number of nitrogens with zero attached hydrogens (tertiary/aromatic N) is 1. The molecule has 6 aliphatic rings. The second-order valence-corrected chi connectivity index (χ2v) is 20.3. The Morgan fingerprint density at radius 2 is 1.00 bits per heavy atom. The highest BCUT2D eigenvalue weighted by Crippen LogP contribution is 2.69. The van der Waals surface area contributed by atoms with Crippen molar-refractivity contribution in [3.8, 4) is 22.3 Å². The summed E-state index contributed by atoms with van der Waals surface area (Å²) in [6.45, 7) is 9.87. The fourth-order valence-electron chi connectivity index (χ4n) is 12.6. The largest absolute Gasteiger partial charge is 0.310 e. The van der Waals surface area contributed by atoms with Crippen LogP contribution in [-0.4, -0.2) is 0 Å². The first-order valence-corrected chi connectivity index (χ1v) is 22.1. The number of hydrogen-bond acceptors (Lipinski definition) is 2. The van der Waals surface area contributed by atoms with Crippen molar-refractivity contribution < 1.29 is 0 Å². The van der Waals surface area contributed by atoms with Gasteiger partial charge in [-0.1, -0.05) is 130 Å². The zero-order chi connectivity index (χ0) is 37.8. The van der Waals surface area contributed by atoms with E-state index in [1.54, 1.807) is 11.1 Å². The van der Waals surface area contributed by atoms with Gasteiger partial charge in [0, 0.05) is 26.6 Å². The monoisotopic (exact) mass is 747 g/mol. The smallest absolute Gasteiger partial charge is 0.0502 e. The molecule has 6 aromatic rings. The molecule has 0 amide bonds. The van der Waals surface area contributed by atoms with E-state index in [1.165, 1.54) is 105 Å². The van der Waals surface area contributed by atoms with E-state index in [9.17, 15) is 0 Å². The third-order valence-electron chi connectivity index (χ3n) is 15.1. The van der Waals surface area contributed by atoms with Crippen molar-refractivity contribution in [1.82, 2.24) is 0 Å². The van der Waals surface area contributed by atoms with Crippen molar-refractivity contribution in [2.24, 2.45) is 23.7 Å². The van der Waals surface area contributed by atoms with E-state index in [1.807, 2.05) is 11.8 Å². The lowest BCUT2D eigenvalue weighted by Gasteiger charge is -2.63. The van der Waals surface area contributed by atoms with Crippen LogP contribution in [0.25, 0.3) is 22.3 Å². The molecule has 0 saturated heterocycles. The van der Waals surface area contributed by atoms with Crippen LogP contribution in [0.5, 0.6) is 0 Å². The molecule has 0 radical (unpaired) electrons. The average Bonchev–Trinajstić information content (AvgIpc) is 3.22. The van der Waals surface area contributed by atoms with Crippen LogP contribution in [0.3, 0.4) is 0 Å². The van der Waals surface area contributed by atoms with Crippen LogP contribution in [0.1, 0.15) is 94.9 Å². The van der Waals surface area contributed by atoms with Crippen molar-refractivity contribution in [3.05, 3.63) is 162 Å². The Hall–Kier alpha value is -4.53. The maximum absolute atomic E-state index is 2.69. The van der Waals surface area contributed by atoms with E-state index in [0.29, 0.717) is 11.8 Å². The lowest BCUT2D eigenvalue weighted by Crippen LogP contribution is -2.57. The summed E-state index contributed by atoms with van der Waals surface area (Å²) in [5.74, 6) is 3.15. The van der Waals surface area contributed by atoms with E-state index in [0.717, 1.165) is 11.8 Å². The van der Waals surface area contributed by atoms with Crippen molar-refractivity contribution >= 4 is 28.8 Å². The number of anilines is 3. The molecule has 4 fully saturated rings. The molecule has 12 rings (SSSR count). The Morgan fingerprint density at radius 3 is 1.66 bits per heavy atom. The van der Waals surface area contributed by atoms with Crippen LogP contribution >= 0.6 is 11.8 Å². The van der Waals surface area contributed by atoms with Gasteiger partial charge in [-0.2, -0.15) is 0 Å². The highest BCUT2D eigenvalue weighted by molar-refractivity contribution is 7.99. The fourth-order valence-corrected chi connectivity index (χ4v) is 13.8. The van der Waals surface area contributed by atoms with Gasteiger partial charge in [-0.3, -0.25) is 0 Å². The van der Waals surface area contributed by atoms with Gasteiger partial charge >= 0.3 is 0 Å². The molecule has 0 aromatic heterocycles. The van der Waals surface area contributed by atoms with E-state index in [-0.39, 0.29) is 16.2 Å². The summed E-state index contributed by atoms with van der Waals surface area (Å²) >= 11 is 2.02. The van der Waals surface area contributed by atoms with Gasteiger partial charge < -0.3 is 4.90 Å². The third kappa shape index (κ3) is 5.27. The van der Waals surface area contributed by atoms with Crippen LogP contribution in [0.15, 0.2) is 149 Å². The highest BCUT2D eigenvalue weighted by Gasteiger charge is 2.61. The van der Waals surface area contributed by atoms with Gasteiger partial charge in [-0.25, -0.2) is 0 Å². The summed E-state index contributed by atoms with van der Waals surface area (Å²) in [6, 6.07) is 53.6. The molecule has 5 aliphatic carbocycles. The molecule has 4 saturated carbocycles. The average molecular weight is 748 g/mol. The molecule has 0 unspecified atom stereocenters. The molecule has 2 heteroatoms. The van der Waals surface area contributed by atoms with Crippen LogP contribution in [0, 0.1) is 23.7 Å². The number of benzene rings is 6. The fraction of sp³-hybridized carbons (Fsp3) is 0.333. The van der Waals surface area contributed by atoms with Gasteiger partial charge in [0.1, 0.15) is 0 Å². The molecule has 0 atom stereocenters. The van der Waals surface area contributed by atoms with Crippen molar-refractivity contribution in [3.63, 3.8) is 0 Å². The second-order valence-electron chi connectivity index (χ2n) is 19.2. The third-order valence-corrected chi connectivity index (χ3v) is 16.3. The summed E-state index contributed by atoms with van der Waals surface area (Å²) in [5, 5.41) is 0. The SMILES string of the molecule is CC1(C)CCC(C)(C)c2c(N(c3ccc(-c4ccccc4)cc3)c3ccc4c(c3)C3(c5cc(-c6ccccc6)ccc5S4)C4CC5CC(C4)CC3C5)cccc21. The van der Waals surface area contributed by atoms with Gasteiger partial charge in [0.05, 0.1) is 5.69 Å². The molecular formula is C54H53NS. The minimum atomic E-state index is 0.0321. The van der Waals surface area contributed by atoms with Gasteiger partial charge in [-0.05, 0) is 172 Å². The maximum Gasteiger partial charge on any atom is 0.0502 e. The molecule has 56 heavy (non-hydrogen) atoms. The van der Waals surface area contributed by atoms with Crippen molar-refractivity contribution in [2.75, 3.05) is 4.90 Å². The first-order chi connectivity index (χ1) is 27.2. The number of fused-ring (bicyclic) bond motifs is 3. The van der Waals surface area contributed by atoms with Gasteiger partial charge in [0.25, 0.3) is 0 Å².